The van der Waals surface area contributed by atoms with E-state index in [9.17, 15) is 5.11 Å². The largest absolute Gasteiger partial charge is 0.385 e. The Kier molecular flexibility index (Phi) is 3.85. The molecule has 0 aliphatic rings. The molecule has 0 bridgehead atoms. The van der Waals surface area contributed by atoms with Crippen LogP contribution in [0.2, 0.25) is 0 Å². The van der Waals surface area contributed by atoms with Crippen LogP contribution in [0.15, 0.2) is 4.52 Å². The van der Waals surface area contributed by atoms with Gasteiger partial charge in [-0.15, -0.1) is 0 Å². The van der Waals surface area contributed by atoms with Gasteiger partial charge in [0.15, 0.2) is 5.82 Å². The van der Waals surface area contributed by atoms with E-state index < -0.39 is 6.10 Å². The first-order chi connectivity index (χ1) is 6.92. The Hall–Kier alpha value is -0.900. The van der Waals surface area contributed by atoms with Gasteiger partial charge in [-0.25, -0.2) is 0 Å². The summed E-state index contributed by atoms with van der Waals surface area (Å²) >= 11 is 0. The minimum atomic E-state index is -0.590. The van der Waals surface area contributed by atoms with Gasteiger partial charge in [-0.3, -0.25) is 0 Å². The SMILES string of the molecule is CCCC(O)c1noc(CC(C)(C)C)n1. The van der Waals surface area contributed by atoms with Gasteiger partial charge in [0.1, 0.15) is 6.10 Å². The van der Waals surface area contributed by atoms with Crippen LogP contribution in [-0.4, -0.2) is 15.2 Å². The molecule has 0 aliphatic heterocycles. The molecule has 15 heavy (non-hydrogen) atoms. The molecule has 1 N–H and O–H groups in total. The van der Waals surface area contributed by atoms with Crippen LogP contribution >= 0.6 is 0 Å². The number of aromatic nitrogens is 2. The van der Waals surface area contributed by atoms with Crippen LogP contribution in [0, 0.1) is 5.41 Å². The van der Waals surface area contributed by atoms with Gasteiger partial charge in [-0.2, -0.15) is 4.98 Å². The summed E-state index contributed by atoms with van der Waals surface area (Å²) in [6.45, 7) is 8.34. The average Bonchev–Trinajstić information content (AvgIpc) is 2.50. The third-order valence-electron chi connectivity index (χ3n) is 2.03. The molecule has 0 saturated heterocycles. The Balaban J connectivity index is 2.64. The van der Waals surface area contributed by atoms with E-state index in [-0.39, 0.29) is 5.41 Å². The quantitative estimate of drug-likeness (QED) is 0.833. The highest BCUT2D eigenvalue weighted by atomic mass is 16.5. The monoisotopic (exact) mass is 212 g/mol. The summed E-state index contributed by atoms with van der Waals surface area (Å²) in [6, 6.07) is 0. The lowest BCUT2D eigenvalue weighted by atomic mass is 9.92. The van der Waals surface area contributed by atoms with E-state index in [1.807, 2.05) is 6.92 Å². The molecule has 1 rings (SSSR count). The molecule has 0 aromatic carbocycles. The van der Waals surface area contributed by atoms with E-state index in [4.69, 9.17) is 4.52 Å². The summed E-state index contributed by atoms with van der Waals surface area (Å²) in [4.78, 5) is 4.19. The van der Waals surface area contributed by atoms with Crippen LogP contribution in [0.4, 0.5) is 0 Å². The van der Waals surface area contributed by atoms with Gasteiger partial charge in [0.25, 0.3) is 0 Å². The van der Waals surface area contributed by atoms with Crippen LogP contribution < -0.4 is 0 Å². The third kappa shape index (κ3) is 4.00. The first-order valence-electron chi connectivity index (χ1n) is 5.43. The van der Waals surface area contributed by atoms with Crippen molar-refractivity contribution in [2.75, 3.05) is 0 Å². The fourth-order valence-electron chi connectivity index (χ4n) is 1.33. The van der Waals surface area contributed by atoms with Crippen molar-refractivity contribution < 1.29 is 9.63 Å². The molecule has 86 valence electrons. The van der Waals surface area contributed by atoms with Crippen molar-refractivity contribution in [3.63, 3.8) is 0 Å². The Morgan fingerprint density at radius 1 is 1.40 bits per heavy atom. The van der Waals surface area contributed by atoms with Gasteiger partial charge < -0.3 is 9.63 Å². The van der Waals surface area contributed by atoms with Gasteiger partial charge in [0.05, 0.1) is 0 Å². The second kappa shape index (κ2) is 4.75. The fourth-order valence-corrected chi connectivity index (χ4v) is 1.33. The summed E-state index contributed by atoms with van der Waals surface area (Å²) in [6.07, 6.45) is 1.73. The first-order valence-corrected chi connectivity index (χ1v) is 5.43. The van der Waals surface area contributed by atoms with Crippen LogP contribution in [0.25, 0.3) is 0 Å². The highest BCUT2D eigenvalue weighted by Gasteiger charge is 2.19. The van der Waals surface area contributed by atoms with Crippen LogP contribution in [0.1, 0.15) is 58.4 Å². The molecule has 1 unspecified atom stereocenters. The lowest BCUT2D eigenvalue weighted by Gasteiger charge is -2.13. The molecule has 1 heterocycles. The van der Waals surface area contributed by atoms with Crippen LogP contribution in [-0.2, 0) is 6.42 Å². The minimum absolute atomic E-state index is 0.125. The molecule has 4 heteroatoms. The van der Waals surface area contributed by atoms with E-state index in [2.05, 4.69) is 30.9 Å². The van der Waals surface area contributed by atoms with E-state index in [1.165, 1.54) is 0 Å². The lowest BCUT2D eigenvalue weighted by molar-refractivity contribution is 0.152. The molecule has 0 radical (unpaired) electrons. The molecular weight excluding hydrogens is 192 g/mol. The molecule has 1 aromatic heterocycles. The molecule has 0 amide bonds. The summed E-state index contributed by atoms with van der Waals surface area (Å²) in [5, 5.41) is 13.4. The van der Waals surface area contributed by atoms with Crippen molar-refractivity contribution in [1.29, 1.82) is 0 Å². The molecular formula is C11H20N2O2. The first kappa shape index (κ1) is 12.2. The van der Waals surface area contributed by atoms with Crippen LogP contribution in [0.3, 0.4) is 0 Å². The lowest BCUT2D eigenvalue weighted by Crippen LogP contribution is -2.09. The standard InChI is InChI=1S/C11H20N2O2/c1-5-6-8(14)10-12-9(15-13-10)7-11(2,3)4/h8,14H,5-7H2,1-4H3. The fraction of sp³-hybridized carbons (Fsp3) is 0.818. The zero-order valence-corrected chi connectivity index (χ0v) is 9.95. The zero-order valence-electron chi connectivity index (χ0n) is 9.95. The molecule has 1 atom stereocenters. The Morgan fingerprint density at radius 2 is 2.07 bits per heavy atom. The van der Waals surface area contributed by atoms with Crippen molar-refractivity contribution in [2.45, 2.75) is 53.1 Å². The second-order valence-corrected chi connectivity index (χ2v) is 5.09. The molecule has 0 fully saturated rings. The Labute approximate surface area is 90.7 Å². The number of aliphatic hydroxyl groups excluding tert-OH is 1. The maximum absolute atomic E-state index is 9.65. The van der Waals surface area contributed by atoms with Crippen molar-refractivity contribution >= 4 is 0 Å². The summed E-state index contributed by atoms with van der Waals surface area (Å²) < 4.78 is 5.09. The zero-order chi connectivity index (χ0) is 11.5. The number of hydrogen-bond donors (Lipinski definition) is 1. The van der Waals surface area contributed by atoms with Gasteiger partial charge in [-0.1, -0.05) is 39.3 Å². The molecule has 1 aromatic rings. The van der Waals surface area contributed by atoms with Crippen LogP contribution in [0.5, 0.6) is 0 Å². The highest BCUT2D eigenvalue weighted by molar-refractivity contribution is 4.92. The Morgan fingerprint density at radius 3 is 2.60 bits per heavy atom. The van der Waals surface area contributed by atoms with Crippen molar-refractivity contribution in [3.8, 4) is 0 Å². The van der Waals surface area contributed by atoms with Crippen molar-refractivity contribution in [3.05, 3.63) is 11.7 Å². The minimum Gasteiger partial charge on any atom is -0.385 e. The van der Waals surface area contributed by atoms with E-state index in [0.29, 0.717) is 18.1 Å². The van der Waals surface area contributed by atoms with Gasteiger partial charge >= 0.3 is 0 Å². The maximum Gasteiger partial charge on any atom is 0.227 e. The average molecular weight is 212 g/mol. The summed E-state index contributed by atoms with van der Waals surface area (Å²) in [5.74, 6) is 1.02. The third-order valence-corrected chi connectivity index (χ3v) is 2.03. The predicted molar refractivity (Wildman–Crippen MR) is 57.3 cm³/mol. The molecule has 0 aliphatic carbocycles. The predicted octanol–water partition coefficient (Wildman–Crippen LogP) is 2.49. The summed E-state index contributed by atoms with van der Waals surface area (Å²) in [5.41, 5.74) is 0.125. The number of nitrogens with zero attached hydrogens (tertiary/aromatic N) is 2. The molecule has 0 spiro atoms. The topological polar surface area (TPSA) is 59.2 Å². The van der Waals surface area contributed by atoms with E-state index in [1.54, 1.807) is 0 Å². The number of aliphatic hydroxyl groups is 1. The highest BCUT2D eigenvalue weighted by Crippen LogP contribution is 2.21. The smallest absolute Gasteiger partial charge is 0.227 e. The summed E-state index contributed by atoms with van der Waals surface area (Å²) in [7, 11) is 0. The van der Waals surface area contributed by atoms with E-state index in [0.717, 1.165) is 12.8 Å². The van der Waals surface area contributed by atoms with Crippen molar-refractivity contribution in [2.24, 2.45) is 5.41 Å². The van der Waals surface area contributed by atoms with Gasteiger partial charge in [0.2, 0.25) is 5.89 Å². The number of rotatable bonds is 4. The molecule has 4 nitrogen and oxygen atoms in total. The normalized spacial score (nSPS) is 14.2. The second-order valence-electron chi connectivity index (χ2n) is 5.09. The number of hydrogen-bond acceptors (Lipinski definition) is 4. The maximum atomic E-state index is 9.65. The van der Waals surface area contributed by atoms with Crippen molar-refractivity contribution in [1.82, 2.24) is 10.1 Å². The van der Waals surface area contributed by atoms with E-state index >= 15 is 0 Å². The van der Waals surface area contributed by atoms with Gasteiger partial charge in [-0.05, 0) is 11.8 Å². The molecule has 0 saturated carbocycles. The van der Waals surface area contributed by atoms with Gasteiger partial charge in [0, 0.05) is 6.42 Å². The Bertz CT molecular complexity index is 302.